The number of benzene rings is 1. The van der Waals surface area contributed by atoms with Crippen LogP contribution < -0.4 is 15.7 Å². The van der Waals surface area contributed by atoms with Gasteiger partial charge in [-0.1, -0.05) is 24.3 Å². The van der Waals surface area contributed by atoms with Crippen LogP contribution in [0.25, 0.3) is 6.08 Å². The van der Waals surface area contributed by atoms with E-state index in [0.29, 0.717) is 0 Å². The van der Waals surface area contributed by atoms with Gasteiger partial charge in [0.05, 0.1) is 5.36 Å². The Morgan fingerprint density at radius 1 is 1.20 bits per heavy atom. The minimum atomic E-state index is -3.67. The van der Waals surface area contributed by atoms with E-state index in [0.717, 1.165) is 22.5 Å². The van der Waals surface area contributed by atoms with Gasteiger partial charge in [0, 0.05) is 17.2 Å². The molecule has 0 saturated carbocycles. The lowest BCUT2D eigenvalue weighted by Gasteiger charge is -1.95. The van der Waals surface area contributed by atoms with Crippen molar-refractivity contribution in [3.63, 3.8) is 0 Å². The Morgan fingerprint density at radius 3 is 2.67 bits per heavy atom. The van der Waals surface area contributed by atoms with E-state index >= 15 is 0 Å². The summed E-state index contributed by atoms with van der Waals surface area (Å²) in [5.41, 5.74) is 0. The van der Waals surface area contributed by atoms with Gasteiger partial charge in [-0.05, 0) is 12.1 Å². The average molecular weight is 240 g/mol. The van der Waals surface area contributed by atoms with Gasteiger partial charge in [-0.3, -0.25) is 0 Å². The largest absolute Gasteiger partial charge is 0.245 e. The van der Waals surface area contributed by atoms with E-state index in [9.17, 15) is 8.42 Å². The zero-order valence-corrected chi connectivity index (χ0v) is 9.25. The fourth-order valence-corrected chi connectivity index (χ4v) is 2.41. The van der Waals surface area contributed by atoms with Gasteiger partial charge in [0.1, 0.15) is 4.24 Å². The molecule has 0 fully saturated rings. The highest BCUT2D eigenvalue weighted by molar-refractivity contribution is 8.17. The van der Waals surface area contributed by atoms with E-state index in [4.69, 9.17) is 5.14 Å². The maximum Gasteiger partial charge on any atom is 0.245 e. The zero-order valence-electron chi connectivity index (χ0n) is 7.62. The molecule has 1 aromatic carbocycles. The molecule has 15 heavy (non-hydrogen) atoms. The lowest BCUT2D eigenvalue weighted by atomic mass is 10.3. The van der Waals surface area contributed by atoms with Gasteiger partial charge in [0.2, 0.25) is 10.0 Å². The Balaban J connectivity index is 2.62. The van der Waals surface area contributed by atoms with Crippen LogP contribution in [-0.4, -0.2) is 8.42 Å². The Bertz CT molecular complexity index is 632. The normalized spacial score (nSPS) is 15.4. The first kappa shape index (κ1) is 10.4. The van der Waals surface area contributed by atoms with Gasteiger partial charge in [-0.2, -0.15) is 0 Å². The van der Waals surface area contributed by atoms with Crippen molar-refractivity contribution < 1.29 is 8.42 Å². The molecule has 0 aliphatic carbocycles. The lowest BCUT2D eigenvalue weighted by Crippen LogP contribution is -2.22. The zero-order chi connectivity index (χ0) is 10.9. The quantitative estimate of drug-likeness (QED) is 0.695. The molecule has 0 amide bonds. The molecule has 0 bridgehead atoms. The first-order chi connectivity index (χ1) is 7.07. The second-order valence-electron chi connectivity index (χ2n) is 2.94. The van der Waals surface area contributed by atoms with Gasteiger partial charge in [-0.25, -0.2) is 18.0 Å². The van der Waals surface area contributed by atoms with Gasteiger partial charge < -0.3 is 0 Å². The number of fused-ring (bicyclic) bond motifs is 1. The van der Waals surface area contributed by atoms with E-state index < -0.39 is 10.0 Å². The van der Waals surface area contributed by atoms with Gasteiger partial charge >= 0.3 is 0 Å². The van der Waals surface area contributed by atoms with E-state index in [1.165, 1.54) is 6.08 Å². The fourth-order valence-electron chi connectivity index (χ4n) is 1.14. The summed E-state index contributed by atoms with van der Waals surface area (Å²) in [6.07, 6.45) is 3.16. The van der Waals surface area contributed by atoms with Crippen LogP contribution in [0.1, 0.15) is 0 Å². The molecule has 0 saturated heterocycles. The molecular weight excluding hydrogens is 232 g/mol. The molecule has 0 atom stereocenters. The van der Waals surface area contributed by atoms with Crippen LogP contribution in [0.4, 0.5) is 0 Å². The van der Waals surface area contributed by atoms with E-state index in [-0.39, 0.29) is 4.24 Å². The van der Waals surface area contributed by atoms with Crippen molar-refractivity contribution in [3.8, 4) is 0 Å². The molecule has 0 radical (unpaired) electrons. The topological polar surface area (TPSA) is 72.5 Å². The summed E-state index contributed by atoms with van der Waals surface area (Å²) in [6.45, 7) is 0. The van der Waals surface area contributed by atoms with Gasteiger partial charge in [0.15, 0.2) is 0 Å². The average Bonchev–Trinajstić information content (AvgIpc) is 2.38. The maximum absolute atomic E-state index is 11.1. The summed E-state index contributed by atoms with van der Waals surface area (Å²) in [6, 6.07) is 7.39. The molecule has 0 aromatic heterocycles. The van der Waals surface area contributed by atoms with Gasteiger partial charge in [0.25, 0.3) is 0 Å². The molecular formula is C9H8N2O2S2. The van der Waals surface area contributed by atoms with Crippen LogP contribution in [0, 0.1) is 0 Å². The molecule has 6 heteroatoms. The maximum atomic E-state index is 11.1. The third-order valence-electron chi connectivity index (χ3n) is 1.85. The number of rotatable bonds is 1. The predicted octanol–water partition coefficient (Wildman–Crippen LogP) is -0.122. The summed E-state index contributed by atoms with van der Waals surface area (Å²) in [5, 5.41) is 6.64. The van der Waals surface area contributed by atoms with Crippen LogP contribution in [0.2, 0.25) is 0 Å². The highest BCUT2D eigenvalue weighted by Crippen LogP contribution is 2.20. The lowest BCUT2D eigenvalue weighted by molar-refractivity contribution is 0.605. The van der Waals surface area contributed by atoms with Crippen molar-refractivity contribution in [1.29, 1.82) is 0 Å². The molecule has 1 aliphatic heterocycles. The van der Waals surface area contributed by atoms with Crippen molar-refractivity contribution in [2.75, 3.05) is 0 Å². The Morgan fingerprint density at radius 2 is 1.93 bits per heavy atom. The predicted molar refractivity (Wildman–Crippen MR) is 60.5 cm³/mol. The monoisotopic (exact) mass is 240 g/mol. The second-order valence-corrected chi connectivity index (χ2v) is 5.53. The fraction of sp³-hybridized carbons (Fsp3) is 0. The van der Waals surface area contributed by atoms with E-state index in [2.05, 4.69) is 4.40 Å². The van der Waals surface area contributed by atoms with Crippen molar-refractivity contribution in [3.05, 3.63) is 45.2 Å². The molecule has 78 valence electrons. The molecule has 0 spiro atoms. The minimum Gasteiger partial charge on any atom is -0.224 e. The van der Waals surface area contributed by atoms with E-state index in [1.54, 1.807) is 6.08 Å². The highest BCUT2D eigenvalue weighted by atomic mass is 32.3. The summed E-state index contributed by atoms with van der Waals surface area (Å²) in [5.74, 6) is 0. The van der Waals surface area contributed by atoms with Gasteiger partial charge in [-0.15, -0.1) is 0 Å². The molecule has 0 unspecified atom stereocenters. The summed E-state index contributed by atoms with van der Waals surface area (Å²) in [4.78, 5) is 0. The Kier molecular flexibility index (Phi) is 2.64. The first-order valence-electron chi connectivity index (χ1n) is 4.12. The summed E-state index contributed by atoms with van der Waals surface area (Å²) >= 11 is 0.876. The van der Waals surface area contributed by atoms with Crippen LogP contribution in [0.3, 0.4) is 0 Å². The summed E-state index contributed by atoms with van der Waals surface area (Å²) < 4.78 is 26.3. The first-order valence-corrected chi connectivity index (χ1v) is 6.44. The number of hydrogen-bond donors (Lipinski definition) is 1. The number of nitrogens with two attached hydrogens (primary N) is 1. The molecule has 1 aliphatic rings. The van der Waals surface area contributed by atoms with Crippen molar-refractivity contribution in [2.45, 2.75) is 0 Å². The third-order valence-corrected chi connectivity index (χ3v) is 4.07. The second kappa shape index (κ2) is 3.80. The SMILES string of the molecule is NS(=O)(=O)C1=CC=c2ccccc2=NS1. The summed E-state index contributed by atoms with van der Waals surface area (Å²) in [7, 11) is -3.67. The van der Waals surface area contributed by atoms with Crippen LogP contribution >= 0.6 is 11.9 Å². The molecule has 1 aromatic rings. The number of allylic oxidation sites excluding steroid dienone is 1. The number of sulfonamides is 1. The highest BCUT2D eigenvalue weighted by Gasteiger charge is 2.12. The smallest absolute Gasteiger partial charge is 0.224 e. The number of hydrogen-bond acceptors (Lipinski definition) is 4. The minimum absolute atomic E-state index is 0.0544. The van der Waals surface area contributed by atoms with Crippen molar-refractivity contribution >= 4 is 28.0 Å². The molecule has 2 rings (SSSR count). The Labute approximate surface area is 91.4 Å². The third kappa shape index (κ3) is 2.28. The van der Waals surface area contributed by atoms with Crippen molar-refractivity contribution in [1.82, 2.24) is 0 Å². The standard InChI is InChI=1S/C9H8N2O2S2/c10-15(12,13)9-6-5-7-3-1-2-4-8(7)11-14-9/h1-6H,(H2,10,12,13). The number of nitrogens with zero attached hydrogens (tertiary/aromatic N) is 1. The Hall–Kier alpha value is -1.11. The van der Waals surface area contributed by atoms with Crippen molar-refractivity contribution in [2.24, 2.45) is 9.54 Å². The molecule has 4 nitrogen and oxygen atoms in total. The molecule has 1 heterocycles. The van der Waals surface area contributed by atoms with Crippen LogP contribution in [0.5, 0.6) is 0 Å². The molecule has 2 N–H and O–H groups in total. The van der Waals surface area contributed by atoms with Crippen LogP contribution in [0.15, 0.2) is 39.0 Å². The van der Waals surface area contributed by atoms with E-state index in [1.807, 2.05) is 24.3 Å². The van der Waals surface area contributed by atoms with Crippen LogP contribution in [-0.2, 0) is 10.0 Å². The number of primary sulfonamides is 1.